The van der Waals surface area contributed by atoms with Crippen molar-refractivity contribution < 1.29 is 19.2 Å². The molecule has 2 amide bonds. The molecular formula is C19H19N3O5. The van der Waals surface area contributed by atoms with Crippen LogP contribution in [0.3, 0.4) is 0 Å². The third-order valence-electron chi connectivity index (χ3n) is 3.49. The number of anilines is 1. The van der Waals surface area contributed by atoms with Crippen molar-refractivity contribution in [3.63, 3.8) is 0 Å². The van der Waals surface area contributed by atoms with Gasteiger partial charge in [0.1, 0.15) is 5.75 Å². The third kappa shape index (κ3) is 6.28. The molecule has 0 radical (unpaired) electrons. The van der Waals surface area contributed by atoms with Crippen molar-refractivity contribution in [2.75, 3.05) is 26.0 Å². The van der Waals surface area contributed by atoms with Crippen LogP contribution < -0.4 is 10.1 Å². The first-order valence-electron chi connectivity index (χ1n) is 8.01. The highest BCUT2D eigenvalue weighted by Crippen LogP contribution is 2.17. The average Bonchev–Trinajstić information content (AvgIpc) is 2.65. The molecule has 0 aromatic heterocycles. The second kappa shape index (κ2) is 9.14. The van der Waals surface area contributed by atoms with Crippen LogP contribution in [0.4, 0.5) is 11.4 Å². The Bertz CT molecular complexity index is 860. The highest BCUT2D eigenvalue weighted by atomic mass is 16.6. The highest BCUT2D eigenvalue weighted by Gasteiger charge is 2.06. The molecule has 2 aromatic carbocycles. The molecule has 8 nitrogen and oxygen atoms in total. The SMILES string of the molecule is CN(C)C(=O)COc1ccc(NC(=O)/C=C/c2cccc([N+](=O)[O-])c2)cc1. The van der Waals surface area contributed by atoms with Crippen molar-refractivity contribution >= 4 is 29.3 Å². The standard InChI is InChI=1S/C19H19N3O5/c1-21(2)19(24)13-27-17-9-7-15(8-10-17)20-18(23)11-6-14-4-3-5-16(12-14)22(25)26/h3-12H,13H2,1-2H3,(H,20,23)/b11-6+. The van der Waals surface area contributed by atoms with Gasteiger partial charge in [-0.25, -0.2) is 0 Å². The van der Waals surface area contributed by atoms with Crippen molar-refractivity contribution in [1.82, 2.24) is 4.90 Å². The summed E-state index contributed by atoms with van der Waals surface area (Å²) >= 11 is 0. The van der Waals surface area contributed by atoms with E-state index in [4.69, 9.17) is 4.74 Å². The summed E-state index contributed by atoms with van der Waals surface area (Å²) in [6, 6.07) is 12.6. The van der Waals surface area contributed by atoms with Gasteiger partial charge in [-0.1, -0.05) is 12.1 Å². The van der Waals surface area contributed by atoms with Crippen LogP contribution in [0.25, 0.3) is 6.08 Å². The molecular weight excluding hydrogens is 350 g/mol. The molecule has 0 saturated heterocycles. The highest BCUT2D eigenvalue weighted by molar-refractivity contribution is 6.01. The zero-order valence-corrected chi connectivity index (χ0v) is 14.9. The second-order valence-corrected chi connectivity index (χ2v) is 5.78. The summed E-state index contributed by atoms with van der Waals surface area (Å²) in [4.78, 5) is 35.1. The Morgan fingerprint density at radius 3 is 2.52 bits per heavy atom. The number of hydrogen-bond acceptors (Lipinski definition) is 5. The average molecular weight is 369 g/mol. The molecule has 0 saturated carbocycles. The van der Waals surface area contributed by atoms with Crippen molar-refractivity contribution in [2.24, 2.45) is 0 Å². The summed E-state index contributed by atoms with van der Waals surface area (Å²) in [6.07, 6.45) is 2.78. The van der Waals surface area contributed by atoms with Crippen molar-refractivity contribution in [3.8, 4) is 5.75 Å². The molecule has 0 unspecified atom stereocenters. The number of nitrogens with one attached hydrogen (secondary N) is 1. The Kier molecular flexibility index (Phi) is 6.65. The van der Waals surface area contributed by atoms with E-state index in [1.54, 1.807) is 50.5 Å². The van der Waals surface area contributed by atoms with Crippen LogP contribution in [0.15, 0.2) is 54.6 Å². The molecule has 0 fully saturated rings. The van der Waals surface area contributed by atoms with Gasteiger partial charge in [0.25, 0.3) is 11.6 Å². The largest absolute Gasteiger partial charge is 0.484 e. The fourth-order valence-electron chi connectivity index (χ4n) is 2.01. The number of likely N-dealkylation sites (N-methyl/N-ethyl adjacent to an activating group) is 1. The minimum atomic E-state index is -0.493. The molecule has 140 valence electrons. The van der Waals surface area contributed by atoms with Crippen LogP contribution in [0.2, 0.25) is 0 Å². The number of nitrogens with zero attached hydrogens (tertiary/aromatic N) is 2. The lowest BCUT2D eigenvalue weighted by molar-refractivity contribution is -0.384. The summed E-state index contributed by atoms with van der Waals surface area (Å²) in [6.45, 7) is -0.0648. The van der Waals surface area contributed by atoms with Crippen LogP contribution in [0.5, 0.6) is 5.75 Å². The Balaban J connectivity index is 1.91. The number of nitro benzene ring substituents is 1. The number of ether oxygens (including phenoxy) is 1. The number of hydrogen-bond donors (Lipinski definition) is 1. The molecule has 0 atom stereocenters. The number of amides is 2. The van der Waals surface area contributed by atoms with Crippen molar-refractivity contribution in [2.45, 2.75) is 0 Å². The van der Waals surface area contributed by atoms with E-state index in [-0.39, 0.29) is 24.1 Å². The fraction of sp³-hybridized carbons (Fsp3) is 0.158. The number of carbonyl (C=O) groups is 2. The summed E-state index contributed by atoms with van der Waals surface area (Å²) < 4.78 is 5.35. The van der Waals surface area contributed by atoms with E-state index in [9.17, 15) is 19.7 Å². The Morgan fingerprint density at radius 1 is 1.19 bits per heavy atom. The molecule has 27 heavy (non-hydrogen) atoms. The zero-order valence-electron chi connectivity index (χ0n) is 14.9. The maximum absolute atomic E-state index is 12.0. The minimum absolute atomic E-state index is 0.0408. The lowest BCUT2D eigenvalue weighted by atomic mass is 10.2. The molecule has 0 spiro atoms. The van der Waals surface area contributed by atoms with Crippen LogP contribution in [0, 0.1) is 10.1 Å². The van der Waals surface area contributed by atoms with E-state index < -0.39 is 4.92 Å². The lowest BCUT2D eigenvalue weighted by Crippen LogP contribution is -2.27. The summed E-state index contributed by atoms with van der Waals surface area (Å²) in [7, 11) is 3.29. The predicted molar refractivity (Wildman–Crippen MR) is 101 cm³/mol. The van der Waals surface area contributed by atoms with Gasteiger partial charge in [0, 0.05) is 38.0 Å². The molecule has 0 aliphatic carbocycles. The Labute approximate surface area is 156 Å². The number of rotatable bonds is 7. The monoisotopic (exact) mass is 369 g/mol. The molecule has 1 N–H and O–H groups in total. The summed E-state index contributed by atoms with van der Waals surface area (Å²) in [5.74, 6) is -0.0213. The Hall–Kier alpha value is -3.68. The Morgan fingerprint density at radius 2 is 1.89 bits per heavy atom. The molecule has 0 aliphatic rings. The second-order valence-electron chi connectivity index (χ2n) is 5.78. The van der Waals surface area contributed by atoms with Gasteiger partial charge in [-0.2, -0.15) is 0 Å². The maximum Gasteiger partial charge on any atom is 0.270 e. The van der Waals surface area contributed by atoms with E-state index in [0.717, 1.165) is 0 Å². The van der Waals surface area contributed by atoms with E-state index >= 15 is 0 Å². The molecule has 0 heterocycles. The van der Waals surface area contributed by atoms with Gasteiger partial charge in [0.05, 0.1) is 4.92 Å². The van der Waals surface area contributed by atoms with Gasteiger partial charge in [-0.15, -0.1) is 0 Å². The van der Waals surface area contributed by atoms with E-state index in [1.165, 1.54) is 29.2 Å². The third-order valence-corrected chi connectivity index (χ3v) is 3.49. The van der Waals surface area contributed by atoms with Gasteiger partial charge in [-0.05, 0) is 35.9 Å². The minimum Gasteiger partial charge on any atom is -0.484 e. The first kappa shape index (κ1) is 19.6. The topological polar surface area (TPSA) is 102 Å². The van der Waals surface area contributed by atoms with E-state index in [2.05, 4.69) is 5.32 Å². The summed E-state index contributed by atoms with van der Waals surface area (Å²) in [5.41, 5.74) is 1.06. The first-order chi connectivity index (χ1) is 12.8. The van der Waals surface area contributed by atoms with Gasteiger partial charge in [-0.3, -0.25) is 19.7 Å². The zero-order chi connectivity index (χ0) is 19.8. The van der Waals surface area contributed by atoms with Crippen molar-refractivity contribution in [1.29, 1.82) is 0 Å². The fourth-order valence-corrected chi connectivity index (χ4v) is 2.01. The number of carbonyl (C=O) groups excluding carboxylic acids is 2. The van der Waals surface area contributed by atoms with Gasteiger partial charge in [0.15, 0.2) is 6.61 Å². The van der Waals surface area contributed by atoms with Crippen LogP contribution in [0.1, 0.15) is 5.56 Å². The predicted octanol–water partition coefficient (Wildman–Crippen LogP) is 2.71. The maximum atomic E-state index is 12.0. The van der Waals surface area contributed by atoms with Crippen molar-refractivity contribution in [3.05, 3.63) is 70.3 Å². The molecule has 0 aliphatic heterocycles. The molecule has 2 rings (SSSR count). The van der Waals surface area contributed by atoms with E-state index in [0.29, 0.717) is 17.0 Å². The van der Waals surface area contributed by atoms with Gasteiger partial charge >= 0.3 is 0 Å². The molecule has 0 bridgehead atoms. The number of benzene rings is 2. The van der Waals surface area contributed by atoms with Crippen LogP contribution in [-0.2, 0) is 9.59 Å². The van der Waals surface area contributed by atoms with Crippen LogP contribution >= 0.6 is 0 Å². The van der Waals surface area contributed by atoms with Gasteiger partial charge in [0.2, 0.25) is 5.91 Å². The number of non-ortho nitro benzene ring substituents is 1. The normalized spacial score (nSPS) is 10.4. The smallest absolute Gasteiger partial charge is 0.270 e. The molecule has 2 aromatic rings. The quantitative estimate of drug-likeness (QED) is 0.459. The summed E-state index contributed by atoms with van der Waals surface area (Å²) in [5, 5.41) is 13.4. The number of nitro groups is 1. The lowest BCUT2D eigenvalue weighted by Gasteiger charge is -2.11. The van der Waals surface area contributed by atoms with Gasteiger partial charge < -0.3 is 15.0 Å². The molecule has 8 heteroatoms. The van der Waals surface area contributed by atoms with Crippen LogP contribution in [-0.4, -0.2) is 42.3 Å². The van der Waals surface area contributed by atoms with E-state index in [1.807, 2.05) is 0 Å². The first-order valence-corrected chi connectivity index (χ1v) is 8.01.